The fourth-order valence-electron chi connectivity index (χ4n) is 2.84. The Morgan fingerprint density at radius 2 is 1.89 bits per heavy atom. The maximum atomic E-state index is 10.7. The lowest BCUT2D eigenvalue weighted by atomic mass is 10.0. The normalized spacial score (nSPS) is 15.4. The molecule has 1 heterocycles. The van der Waals surface area contributed by atoms with E-state index in [1.807, 2.05) is 38.1 Å². The molecular formula is C21H32N4O2. The third-order valence-corrected chi connectivity index (χ3v) is 4.43. The third kappa shape index (κ3) is 6.12. The molecule has 0 fully saturated rings. The first-order valence-corrected chi connectivity index (χ1v) is 9.36. The van der Waals surface area contributed by atoms with E-state index in [-0.39, 0.29) is 12.6 Å². The molecule has 0 aliphatic heterocycles. The molecule has 0 aliphatic rings. The molecule has 0 saturated carbocycles. The molecular weight excluding hydrogens is 340 g/mol. The molecule has 0 aliphatic carbocycles. The number of nitrogens with one attached hydrogen (secondary N) is 2. The molecule has 1 aromatic heterocycles. The molecule has 27 heavy (non-hydrogen) atoms. The lowest BCUT2D eigenvalue weighted by Gasteiger charge is -2.26. The summed E-state index contributed by atoms with van der Waals surface area (Å²) in [4.78, 5) is 6.74. The molecule has 0 radical (unpaired) electrons. The van der Waals surface area contributed by atoms with Crippen LogP contribution in [0.1, 0.15) is 37.0 Å². The molecule has 0 bridgehead atoms. The topological polar surface area (TPSA) is 73.0 Å². The summed E-state index contributed by atoms with van der Waals surface area (Å²) < 4.78 is 5.56. The van der Waals surface area contributed by atoms with Gasteiger partial charge in [0.15, 0.2) is 5.96 Å². The van der Waals surface area contributed by atoms with Gasteiger partial charge in [-0.15, -0.1) is 0 Å². The van der Waals surface area contributed by atoms with E-state index in [0.717, 1.165) is 12.3 Å². The first-order chi connectivity index (χ1) is 12.8. The van der Waals surface area contributed by atoms with Gasteiger partial charge >= 0.3 is 0 Å². The van der Waals surface area contributed by atoms with Crippen LogP contribution in [-0.2, 0) is 5.60 Å². The monoisotopic (exact) mass is 372 g/mol. The van der Waals surface area contributed by atoms with Gasteiger partial charge in [0.1, 0.15) is 17.1 Å². The van der Waals surface area contributed by atoms with Crippen LogP contribution < -0.4 is 10.6 Å². The Morgan fingerprint density at radius 3 is 2.44 bits per heavy atom. The standard InChI is InChI=1S/C21H32N4O2/c1-6-22-20(24-15-21(3,26)19-13-12-16(2)27-19)23-14-18(25(4)5)17-10-8-7-9-11-17/h7-13,18,26H,6,14-15H2,1-5H3,(H2,22,23,24). The number of guanidine groups is 1. The van der Waals surface area contributed by atoms with Crippen molar-refractivity contribution in [2.45, 2.75) is 32.4 Å². The van der Waals surface area contributed by atoms with Crippen molar-refractivity contribution in [1.29, 1.82) is 0 Å². The van der Waals surface area contributed by atoms with Crippen molar-refractivity contribution >= 4 is 5.96 Å². The Hall–Kier alpha value is -2.31. The molecule has 2 unspecified atom stereocenters. The van der Waals surface area contributed by atoms with Crippen LogP contribution in [0.2, 0.25) is 0 Å². The fraction of sp³-hybridized carbons (Fsp3) is 0.476. The van der Waals surface area contributed by atoms with Gasteiger partial charge in [-0.3, -0.25) is 0 Å². The second kappa shape index (κ2) is 9.58. The van der Waals surface area contributed by atoms with Gasteiger partial charge in [-0.1, -0.05) is 30.3 Å². The molecule has 6 heteroatoms. The quantitative estimate of drug-likeness (QED) is 0.491. The summed E-state index contributed by atoms with van der Waals surface area (Å²) in [5.74, 6) is 1.97. The predicted octanol–water partition coefficient (Wildman–Crippen LogP) is 2.65. The van der Waals surface area contributed by atoms with Gasteiger partial charge in [0, 0.05) is 13.1 Å². The number of benzene rings is 1. The van der Waals surface area contributed by atoms with Crippen molar-refractivity contribution in [2.24, 2.45) is 4.99 Å². The Balaban J connectivity index is 2.06. The number of aliphatic hydroxyl groups is 1. The van der Waals surface area contributed by atoms with Crippen molar-refractivity contribution in [3.05, 3.63) is 59.5 Å². The summed E-state index contributed by atoms with van der Waals surface area (Å²) in [5, 5.41) is 17.3. The number of hydrogen-bond donors (Lipinski definition) is 3. The van der Waals surface area contributed by atoms with Gasteiger partial charge in [0.05, 0.1) is 12.6 Å². The lowest BCUT2D eigenvalue weighted by molar-refractivity contribution is 0.0428. The minimum Gasteiger partial charge on any atom is -0.463 e. The number of aryl methyl sites for hydroxylation is 1. The van der Waals surface area contributed by atoms with Gasteiger partial charge in [-0.2, -0.15) is 0 Å². The maximum absolute atomic E-state index is 10.7. The third-order valence-electron chi connectivity index (χ3n) is 4.43. The molecule has 148 valence electrons. The summed E-state index contributed by atoms with van der Waals surface area (Å²) >= 11 is 0. The van der Waals surface area contributed by atoms with Gasteiger partial charge in [-0.05, 0) is 52.6 Å². The van der Waals surface area contributed by atoms with Crippen molar-refractivity contribution in [1.82, 2.24) is 15.5 Å². The van der Waals surface area contributed by atoms with Crippen molar-refractivity contribution in [3.63, 3.8) is 0 Å². The van der Waals surface area contributed by atoms with Gasteiger partial charge in [-0.25, -0.2) is 4.99 Å². The van der Waals surface area contributed by atoms with E-state index in [9.17, 15) is 5.11 Å². The van der Waals surface area contributed by atoms with Crippen LogP contribution in [0.5, 0.6) is 0 Å². The van der Waals surface area contributed by atoms with Crippen molar-refractivity contribution < 1.29 is 9.52 Å². The first-order valence-electron chi connectivity index (χ1n) is 9.36. The molecule has 3 N–H and O–H groups in total. The van der Waals surface area contributed by atoms with E-state index >= 15 is 0 Å². The van der Waals surface area contributed by atoms with Crippen LogP contribution in [0, 0.1) is 6.92 Å². The second-order valence-corrected chi connectivity index (χ2v) is 7.15. The average Bonchev–Trinajstić information content (AvgIpc) is 3.08. The predicted molar refractivity (Wildman–Crippen MR) is 110 cm³/mol. The molecule has 1 aromatic carbocycles. The number of hydrogen-bond acceptors (Lipinski definition) is 4. The van der Waals surface area contributed by atoms with E-state index in [2.05, 4.69) is 46.8 Å². The molecule has 2 atom stereocenters. The first kappa shape index (κ1) is 21.0. The highest BCUT2D eigenvalue weighted by molar-refractivity contribution is 5.79. The van der Waals surface area contributed by atoms with E-state index in [1.165, 1.54) is 5.56 Å². The fourth-order valence-corrected chi connectivity index (χ4v) is 2.84. The van der Waals surface area contributed by atoms with Crippen molar-refractivity contribution in [2.75, 3.05) is 33.7 Å². The SMILES string of the molecule is CCNC(=NCC(C)(O)c1ccc(C)o1)NCC(c1ccccc1)N(C)C. The number of rotatable bonds is 8. The summed E-state index contributed by atoms with van der Waals surface area (Å²) in [6.07, 6.45) is 0. The minimum atomic E-state index is -1.16. The summed E-state index contributed by atoms with van der Waals surface area (Å²) in [5.41, 5.74) is 0.0840. The zero-order valence-electron chi connectivity index (χ0n) is 17.0. The van der Waals surface area contributed by atoms with E-state index in [1.54, 1.807) is 13.0 Å². The highest BCUT2D eigenvalue weighted by Crippen LogP contribution is 2.23. The number of aliphatic imine (C=N–C) groups is 1. The zero-order chi connectivity index (χ0) is 19.9. The van der Waals surface area contributed by atoms with E-state index in [4.69, 9.17) is 4.42 Å². The van der Waals surface area contributed by atoms with Crippen LogP contribution in [-0.4, -0.2) is 49.7 Å². The van der Waals surface area contributed by atoms with Crippen LogP contribution in [0.25, 0.3) is 0 Å². The lowest BCUT2D eigenvalue weighted by Crippen LogP contribution is -2.42. The summed E-state index contributed by atoms with van der Waals surface area (Å²) in [6, 6.07) is 14.2. The molecule has 2 aromatic rings. The van der Waals surface area contributed by atoms with Gasteiger partial charge in [0.25, 0.3) is 0 Å². The molecule has 0 spiro atoms. The Morgan fingerprint density at radius 1 is 1.19 bits per heavy atom. The maximum Gasteiger partial charge on any atom is 0.191 e. The second-order valence-electron chi connectivity index (χ2n) is 7.15. The Kier molecular flexibility index (Phi) is 7.45. The Labute approximate surface area is 162 Å². The summed E-state index contributed by atoms with van der Waals surface area (Å²) in [7, 11) is 4.13. The number of furan rings is 1. The van der Waals surface area contributed by atoms with E-state index < -0.39 is 5.60 Å². The number of nitrogens with zero attached hydrogens (tertiary/aromatic N) is 2. The Bertz CT molecular complexity index is 723. The summed E-state index contributed by atoms with van der Waals surface area (Å²) in [6.45, 7) is 7.24. The van der Waals surface area contributed by atoms with Gasteiger partial charge < -0.3 is 25.1 Å². The smallest absolute Gasteiger partial charge is 0.191 e. The zero-order valence-corrected chi connectivity index (χ0v) is 17.0. The number of likely N-dealkylation sites (N-methyl/N-ethyl adjacent to an activating group) is 1. The van der Waals surface area contributed by atoms with Crippen LogP contribution in [0.4, 0.5) is 0 Å². The highest BCUT2D eigenvalue weighted by Gasteiger charge is 2.26. The van der Waals surface area contributed by atoms with Gasteiger partial charge in [0.2, 0.25) is 0 Å². The largest absolute Gasteiger partial charge is 0.463 e. The molecule has 2 rings (SSSR count). The van der Waals surface area contributed by atoms with E-state index in [0.29, 0.717) is 18.3 Å². The van der Waals surface area contributed by atoms with Crippen LogP contribution in [0.3, 0.4) is 0 Å². The van der Waals surface area contributed by atoms with Crippen LogP contribution in [0.15, 0.2) is 51.9 Å². The molecule has 0 saturated heterocycles. The van der Waals surface area contributed by atoms with Crippen LogP contribution >= 0.6 is 0 Å². The van der Waals surface area contributed by atoms with Crippen molar-refractivity contribution in [3.8, 4) is 0 Å². The molecule has 6 nitrogen and oxygen atoms in total. The average molecular weight is 373 g/mol. The highest BCUT2D eigenvalue weighted by atomic mass is 16.4. The molecule has 0 amide bonds. The minimum absolute atomic E-state index is 0.202.